The molecule has 0 bridgehead atoms. The first-order valence-corrected chi connectivity index (χ1v) is 13.5. The third kappa shape index (κ3) is 7.68. The van der Waals surface area contributed by atoms with E-state index in [1.54, 1.807) is 66.7 Å². The van der Waals surface area contributed by atoms with Crippen LogP contribution in [0.3, 0.4) is 0 Å². The molecule has 200 valence electrons. The molecule has 0 radical (unpaired) electrons. The number of nitrogens with one attached hydrogen (secondary N) is 2. The van der Waals surface area contributed by atoms with E-state index >= 15 is 0 Å². The maximum Gasteiger partial charge on any atom is 0.251 e. The molecule has 0 aliphatic rings. The lowest BCUT2D eigenvalue weighted by Gasteiger charge is -2.11. The summed E-state index contributed by atoms with van der Waals surface area (Å²) in [6.45, 7) is 7.43. The molecule has 0 unspecified atom stereocenters. The average Bonchev–Trinajstić information content (AvgIpc) is 3.00. The standard InChI is InChI=1S/C30H24N4O5S/c1-32-26-3-2-4-29(17-26)40(36,37)34-20-24-9-15-28(16-10-24)39-21-38-27-13-7-23(8-14-27)19-33-30(35)25-11-5-22(18-31)6-12-25/h2-17,34H,19-21H2,(H,33,35). The molecule has 2 N–H and O–H groups in total. The van der Waals surface area contributed by atoms with Gasteiger partial charge >= 0.3 is 0 Å². The predicted octanol–water partition coefficient (Wildman–Crippen LogP) is 4.93. The van der Waals surface area contributed by atoms with Crippen molar-refractivity contribution in [2.24, 2.45) is 0 Å². The molecule has 4 rings (SSSR count). The summed E-state index contributed by atoms with van der Waals surface area (Å²) in [6, 6.07) is 28.4. The minimum absolute atomic E-state index is 0.0296. The van der Waals surface area contributed by atoms with Gasteiger partial charge in [-0.1, -0.05) is 36.4 Å². The molecule has 10 heteroatoms. The quantitative estimate of drug-likeness (QED) is 0.201. The number of amides is 1. The van der Waals surface area contributed by atoms with E-state index in [0.29, 0.717) is 29.2 Å². The van der Waals surface area contributed by atoms with Gasteiger partial charge in [0, 0.05) is 18.7 Å². The summed E-state index contributed by atoms with van der Waals surface area (Å²) in [5.74, 6) is 0.919. The van der Waals surface area contributed by atoms with Crippen molar-refractivity contribution >= 4 is 21.6 Å². The lowest BCUT2D eigenvalue weighted by Crippen LogP contribution is -2.23. The fourth-order valence-corrected chi connectivity index (χ4v) is 4.59. The molecule has 0 heterocycles. The van der Waals surface area contributed by atoms with Crippen LogP contribution in [0.25, 0.3) is 4.85 Å². The van der Waals surface area contributed by atoms with Gasteiger partial charge in [0.05, 0.1) is 23.1 Å². The van der Waals surface area contributed by atoms with Gasteiger partial charge in [-0.05, 0) is 71.8 Å². The van der Waals surface area contributed by atoms with E-state index in [4.69, 9.17) is 21.3 Å². The van der Waals surface area contributed by atoms with Gasteiger partial charge in [0.2, 0.25) is 16.8 Å². The van der Waals surface area contributed by atoms with Crippen LogP contribution in [0.1, 0.15) is 27.0 Å². The highest BCUT2D eigenvalue weighted by Crippen LogP contribution is 2.19. The molecule has 0 spiro atoms. The van der Waals surface area contributed by atoms with Crippen LogP contribution >= 0.6 is 0 Å². The molecule has 9 nitrogen and oxygen atoms in total. The zero-order valence-corrected chi connectivity index (χ0v) is 22.0. The highest BCUT2D eigenvalue weighted by molar-refractivity contribution is 7.89. The Labute approximate surface area is 232 Å². The van der Waals surface area contributed by atoms with Gasteiger partial charge in [-0.3, -0.25) is 4.79 Å². The van der Waals surface area contributed by atoms with Crippen molar-refractivity contribution in [2.45, 2.75) is 18.0 Å². The fourth-order valence-electron chi connectivity index (χ4n) is 3.54. The molecular formula is C30H24N4O5S. The smallest absolute Gasteiger partial charge is 0.251 e. The van der Waals surface area contributed by atoms with Crippen LogP contribution < -0.4 is 19.5 Å². The van der Waals surface area contributed by atoms with Crippen molar-refractivity contribution in [1.82, 2.24) is 10.0 Å². The second-order valence-electron chi connectivity index (χ2n) is 8.50. The molecule has 40 heavy (non-hydrogen) atoms. The third-order valence-electron chi connectivity index (χ3n) is 5.75. The summed E-state index contributed by atoms with van der Waals surface area (Å²) >= 11 is 0. The first-order chi connectivity index (χ1) is 19.4. The van der Waals surface area contributed by atoms with Crippen molar-refractivity contribution < 1.29 is 22.7 Å². The van der Waals surface area contributed by atoms with Gasteiger partial charge in [-0.2, -0.15) is 5.26 Å². The number of nitriles is 1. The third-order valence-corrected chi connectivity index (χ3v) is 7.15. The topological polar surface area (TPSA) is 122 Å². The first kappa shape index (κ1) is 27.9. The SMILES string of the molecule is [C-]#[N+]c1cccc(S(=O)(=O)NCc2ccc(OCOc3ccc(CNC(=O)c4ccc(C#N)cc4)cc3)cc2)c1. The van der Waals surface area contributed by atoms with Gasteiger partial charge in [0.25, 0.3) is 5.91 Å². The Kier molecular flexibility index (Phi) is 9.11. The summed E-state index contributed by atoms with van der Waals surface area (Å²) in [5, 5.41) is 11.7. The highest BCUT2D eigenvalue weighted by Gasteiger charge is 2.14. The molecule has 1 amide bonds. The van der Waals surface area contributed by atoms with Crippen LogP contribution in [0.2, 0.25) is 0 Å². The molecule has 0 aliphatic heterocycles. The van der Waals surface area contributed by atoms with Crippen LogP contribution in [-0.4, -0.2) is 21.1 Å². The van der Waals surface area contributed by atoms with Crippen LogP contribution in [0.5, 0.6) is 11.5 Å². The number of sulfonamides is 1. The van der Waals surface area contributed by atoms with E-state index in [1.165, 1.54) is 18.2 Å². The summed E-state index contributed by atoms with van der Waals surface area (Å²) < 4.78 is 38.8. The van der Waals surface area contributed by atoms with Crippen molar-refractivity contribution in [3.05, 3.63) is 131 Å². The van der Waals surface area contributed by atoms with E-state index in [-0.39, 0.29) is 29.8 Å². The number of rotatable bonds is 11. The minimum Gasteiger partial charge on any atom is -0.458 e. The molecule has 0 atom stereocenters. The highest BCUT2D eigenvalue weighted by atomic mass is 32.2. The first-order valence-electron chi connectivity index (χ1n) is 12.1. The molecule has 0 fully saturated rings. The fraction of sp³-hybridized carbons (Fsp3) is 0.100. The number of ether oxygens (including phenoxy) is 2. The van der Waals surface area contributed by atoms with Gasteiger partial charge < -0.3 is 14.8 Å². The van der Waals surface area contributed by atoms with Gasteiger partial charge in [0.15, 0.2) is 5.69 Å². The minimum atomic E-state index is -3.75. The normalized spacial score (nSPS) is 10.7. The van der Waals surface area contributed by atoms with Crippen LogP contribution in [0.4, 0.5) is 5.69 Å². The van der Waals surface area contributed by atoms with E-state index in [2.05, 4.69) is 14.9 Å². The number of nitrogens with zero attached hydrogens (tertiary/aromatic N) is 2. The lowest BCUT2D eigenvalue weighted by atomic mass is 10.1. The Bertz CT molecular complexity index is 1660. The Balaban J connectivity index is 1.20. The van der Waals surface area contributed by atoms with Gasteiger partial charge in [-0.15, -0.1) is 0 Å². The monoisotopic (exact) mass is 552 g/mol. The predicted molar refractivity (Wildman–Crippen MR) is 148 cm³/mol. The second kappa shape index (κ2) is 13.1. The molecular weight excluding hydrogens is 528 g/mol. The Morgan fingerprint density at radius 1 is 0.850 bits per heavy atom. The maximum atomic E-state index is 12.5. The van der Waals surface area contributed by atoms with Gasteiger partial charge in [-0.25, -0.2) is 18.0 Å². The number of benzene rings is 4. The molecule has 0 aliphatic carbocycles. The van der Waals surface area contributed by atoms with Crippen LogP contribution in [-0.2, 0) is 23.1 Å². The Hall–Kier alpha value is -5.16. The van der Waals surface area contributed by atoms with E-state index in [1.807, 2.05) is 18.2 Å². The number of carbonyl (C=O) groups excluding carboxylic acids is 1. The largest absolute Gasteiger partial charge is 0.458 e. The summed E-state index contributed by atoms with van der Waals surface area (Å²) in [7, 11) is -3.75. The molecule has 0 saturated carbocycles. The Morgan fingerprint density at radius 2 is 1.45 bits per heavy atom. The maximum absolute atomic E-state index is 12.5. The summed E-state index contributed by atoms with van der Waals surface area (Å²) in [6.07, 6.45) is 0. The van der Waals surface area contributed by atoms with Crippen molar-refractivity contribution in [3.8, 4) is 17.6 Å². The zero-order valence-electron chi connectivity index (χ0n) is 21.2. The van der Waals surface area contributed by atoms with Gasteiger partial charge in [0.1, 0.15) is 11.5 Å². The van der Waals surface area contributed by atoms with E-state index in [9.17, 15) is 13.2 Å². The van der Waals surface area contributed by atoms with Crippen molar-refractivity contribution in [2.75, 3.05) is 6.79 Å². The molecule has 0 saturated heterocycles. The second-order valence-corrected chi connectivity index (χ2v) is 10.3. The Morgan fingerprint density at radius 3 is 2.02 bits per heavy atom. The zero-order chi connectivity index (χ0) is 28.4. The summed E-state index contributed by atoms with van der Waals surface area (Å²) in [5.41, 5.74) is 2.86. The van der Waals surface area contributed by atoms with E-state index in [0.717, 1.165) is 11.1 Å². The van der Waals surface area contributed by atoms with Crippen LogP contribution in [0.15, 0.2) is 102 Å². The van der Waals surface area contributed by atoms with Crippen molar-refractivity contribution in [3.63, 3.8) is 0 Å². The average molecular weight is 553 g/mol. The molecule has 0 aromatic heterocycles. The number of hydrogen-bond donors (Lipinski definition) is 2. The number of carbonyl (C=O) groups is 1. The molecule has 4 aromatic rings. The summed E-state index contributed by atoms with van der Waals surface area (Å²) in [4.78, 5) is 15.6. The number of hydrogen-bond acceptors (Lipinski definition) is 6. The van der Waals surface area contributed by atoms with Crippen molar-refractivity contribution in [1.29, 1.82) is 5.26 Å². The van der Waals surface area contributed by atoms with E-state index < -0.39 is 10.0 Å². The van der Waals surface area contributed by atoms with Crippen LogP contribution in [0, 0.1) is 17.9 Å². The molecule has 4 aromatic carbocycles. The lowest BCUT2D eigenvalue weighted by molar-refractivity contribution is 0.0951.